The smallest absolute Gasteiger partial charge is 0.339 e. The second-order valence-electron chi connectivity index (χ2n) is 6.98. The monoisotopic (exact) mass is 354 g/mol. The molecule has 0 bridgehead atoms. The summed E-state index contributed by atoms with van der Waals surface area (Å²) in [5, 5.41) is 9.38. The second kappa shape index (κ2) is 9.18. The van der Waals surface area contributed by atoms with Crippen molar-refractivity contribution in [3.63, 3.8) is 0 Å². The minimum absolute atomic E-state index is 0.00576. The van der Waals surface area contributed by atoms with E-state index >= 15 is 0 Å². The van der Waals surface area contributed by atoms with Gasteiger partial charge in [-0.1, -0.05) is 56.7 Å². The number of benzene rings is 2. The van der Waals surface area contributed by atoms with Gasteiger partial charge in [0.05, 0.1) is 5.92 Å². The Labute approximate surface area is 154 Å². The van der Waals surface area contributed by atoms with Crippen LogP contribution in [0.4, 0.5) is 0 Å². The zero-order chi connectivity index (χ0) is 19.1. The second-order valence-corrected chi connectivity index (χ2v) is 6.98. The van der Waals surface area contributed by atoms with E-state index in [-0.39, 0.29) is 11.3 Å². The third-order valence-corrected chi connectivity index (χ3v) is 4.39. The van der Waals surface area contributed by atoms with E-state index in [9.17, 15) is 14.7 Å². The highest BCUT2D eigenvalue weighted by molar-refractivity contribution is 5.92. The van der Waals surface area contributed by atoms with E-state index in [2.05, 4.69) is 13.8 Å². The zero-order valence-corrected chi connectivity index (χ0v) is 15.6. The lowest BCUT2D eigenvalue weighted by Gasteiger charge is -2.14. The fourth-order valence-corrected chi connectivity index (χ4v) is 2.77. The third kappa shape index (κ3) is 5.45. The number of rotatable bonds is 8. The lowest BCUT2D eigenvalue weighted by molar-refractivity contribution is -0.135. The van der Waals surface area contributed by atoms with Crippen LogP contribution in [-0.4, -0.2) is 17.0 Å². The molecule has 0 spiro atoms. The van der Waals surface area contributed by atoms with E-state index < -0.39 is 17.9 Å². The van der Waals surface area contributed by atoms with Crippen molar-refractivity contribution in [2.45, 2.75) is 46.0 Å². The Balaban J connectivity index is 2.17. The SMILES string of the molecule is CC(C)CCCc1ccc(C(=O)O)c(OC(=O)C(C)c2ccccc2)c1. The van der Waals surface area contributed by atoms with Crippen molar-refractivity contribution in [1.82, 2.24) is 0 Å². The quantitative estimate of drug-likeness (QED) is 0.531. The van der Waals surface area contributed by atoms with E-state index in [4.69, 9.17) is 4.74 Å². The molecule has 26 heavy (non-hydrogen) atoms. The van der Waals surface area contributed by atoms with Gasteiger partial charge < -0.3 is 9.84 Å². The number of ether oxygens (including phenoxy) is 1. The number of esters is 1. The van der Waals surface area contributed by atoms with Gasteiger partial charge in [0.25, 0.3) is 0 Å². The number of carbonyl (C=O) groups is 2. The van der Waals surface area contributed by atoms with Gasteiger partial charge in [-0.05, 0) is 48.9 Å². The van der Waals surface area contributed by atoms with Crippen LogP contribution >= 0.6 is 0 Å². The Hall–Kier alpha value is -2.62. The maximum absolute atomic E-state index is 12.5. The van der Waals surface area contributed by atoms with Crippen molar-refractivity contribution in [1.29, 1.82) is 0 Å². The van der Waals surface area contributed by atoms with Crippen LogP contribution in [0.25, 0.3) is 0 Å². The van der Waals surface area contributed by atoms with Gasteiger partial charge in [0.1, 0.15) is 11.3 Å². The van der Waals surface area contributed by atoms with Crippen LogP contribution in [0.5, 0.6) is 5.75 Å². The number of carbonyl (C=O) groups excluding carboxylic acids is 1. The van der Waals surface area contributed by atoms with Crippen LogP contribution in [0.2, 0.25) is 0 Å². The van der Waals surface area contributed by atoms with Crippen LogP contribution in [0.3, 0.4) is 0 Å². The minimum atomic E-state index is -1.10. The van der Waals surface area contributed by atoms with E-state index in [1.54, 1.807) is 19.1 Å². The first-order valence-electron chi connectivity index (χ1n) is 9.01. The summed E-state index contributed by atoms with van der Waals surface area (Å²) in [5.74, 6) is -1.29. The van der Waals surface area contributed by atoms with E-state index in [0.29, 0.717) is 5.92 Å². The molecule has 0 amide bonds. The molecule has 4 heteroatoms. The summed E-state index contributed by atoms with van der Waals surface area (Å²) in [4.78, 5) is 24.0. The van der Waals surface area contributed by atoms with Crippen molar-refractivity contribution in [3.05, 3.63) is 65.2 Å². The predicted molar refractivity (Wildman–Crippen MR) is 102 cm³/mol. The summed E-state index contributed by atoms with van der Waals surface area (Å²) in [6.07, 6.45) is 2.94. The van der Waals surface area contributed by atoms with Gasteiger partial charge in [-0.15, -0.1) is 0 Å². The largest absolute Gasteiger partial charge is 0.478 e. The first-order chi connectivity index (χ1) is 12.4. The maximum Gasteiger partial charge on any atom is 0.339 e. The van der Waals surface area contributed by atoms with Crippen LogP contribution in [0.15, 0.2) is 48.5 Å². The van der Waals surface area contributed by atoms with Crippen molar-refractivity contribution >= 4 is 11.9 Å². The fourth-order valence-electron chi connectivity index (χ4n) is 2.77. The van der Waals surface area contributed by atoms with Crippen molar-refractivity contribution in [3.8, 4) is 5.75 Å². The molecule has 1 atom stereocenters. The van der Waals surface area contributed by atoms with Gasteiger partial charge in [0.15, 0.2) is 0 Å². The van der Waals surface area contributed by atoms with Crippen molar-refractivity contribution in [2.75, 3.05) is 0 Å². The molecule has 0 aliphatic rings. The van der Waals surface area contributed by atoms with E-state index in [1.807, 2.05) is 30.3 Å². The molecule has 0 fully saturated rings. The van der Waals surface area contributed by atoms with Crippen molar-refractivity contribution < 1.29 is 19.4 Å². The highest BCUT2D eigenvalue weighted by Gasteiger charge is 2.21. The summed E-state index contributed by atoms with van der Waals surface area (Å²) < 4.78 is 5.47. The molecule has 2 aromatic carbocycles. The number of carboxylic acids is 1. The van der Waals surface area contributed by atoms with Crippen molar-refractivity contribution in [2.24, 2.45) is 5.92 Å². The zero-order valence-electron chi connectivity index (χ0n) is 15.6. The molecular weight excluding hydrogens is 328 g/mol. The maximum atomic E-state index is 12.5. The van der Waals surface area contributed by atoms with Gasteiger partial charge in [-0.2, -0.15) is 0 Å². The molecule has 2 aromatic rings. The number of aromatic carboxylic acids is 1. The number of aryl methyl sites for hydroxylation is 1. The lowest BCUT2D eigenvalue weighted by atomic mass is 10.0. The molecule has 2 rings (SSSR count). The molecule has 0 radical (unpaired) electrons. The Bertz CT molecular complexity index is 750. The molecule has 4 nitrogen and oxygen atoms in total. The summed E-state index contributed by atoms with van der Waals surface area (Å²) in [7, 11) is 0. The first kappa shape index (κ1) is 19.7. The fraction of sp³-hybridized carbons (Fsp3) is 0.364. The number of carboxylic acid groups (broad SMARTS) is 1. The van der Waals surface area contributed by atoms with Gasteiger partial charge >= 0.3 is 11.9 Å². The molecule has 138 valence electrons. The first-order valence-corrected chi connectivity index (χ1v) is 9.01. The highest BCUT2D eigenvalue weighted by Crippen LogP contribution is 2.25. The molecular formula is C22H26O4. The summed E-state index contributed by atoms with van der Waals surface area (Å²) in [5.41, 5.74) is 1.82. The number of hydrogen-bond donors (Lipinski definition) is 1. The van der Waals surface area contributed by atoms with Gasteiger partial charge in [-0.3, -0.25) is 4.79 Å². The van der Waals surface area contributed by atoms with E-state index in [0.717, 1.165) is 30.4 Å². The molecule has 0 aliphatic carbocycles. The highest BCUT2D eigenvalue weighted by atomic mass is 16.5. The topological polar surface area (TPSA) is 63.6 Å². The van der Waals surface area contributed by atoms with Crippen LogP contribution < -0.4 is 4.74 Å². The number of hydrogen-bond acceptors (Lipinski definition) is 3. The Morgan fingerprint density at radius 1 is 1.04 bits per heavy atom. The molecule has 0 saturated heterocycles. The molecule has 1 unspecified atom stereocenters. The lowest BCUT2D eigenvalue weighted by Crippen LogP contribution is -2.18. The Morgan fingerprint density at radius 2 is 1.73 bits per heavy atom. The molecule has 0 saturated carbocycles. The summed E-state index contributed by atoms with van der Waals surface area (Å²) >= 11 is 0. The summed E-state index contributed by atoms with van der Waals surface area (Å²) in [6, 6.07) is 14.3. The average Bonchev–Trinajstić information content (AvgIpc) is 2.61. The molecule has 0 aliphatic heterocycles. The van der Waals surface area contributed by atoms with Gasteiger partial charge in [-0.25, -0.2) is 4.79 Å². The third-order valence-electron chi connectivity index (χ3n) is 4.39. The Kier molecular flexibility index (Phi) is 6.96. The molecule has 0 aromatic heterocycles. The van der Waals surface area contributed by atoms with Crippen LogP contribution in [0, 0.1) is 5.92 Å². The van der Waals surface area contributed by atoms with E-state index in [1.165, 1.54) is 6.07 Å². The van der Waals surface area contributed by atoms with Crippen LogP contribution in [-0.2, 0) is 11.2 Å². The predicted octanol–water partition coefficient (Wildman–Crippen LogP) is 5.07. The molecule has 1 N–H and O–H groups in total. The average molecular weight is 354 g/mol. The normalized spacial score (nSPS) is 12.0. The van der Waals surface area contributed by atoms with Gasteiger partial charge in [0.2, 0.25) is 0 Å². The standard InChI is InChI=1S/C22H26O4/c1-15(2)8-7-9-17-12-13-19(21(23)24)20(14-17)26-22(25)16(3)18-10-5-4-6-11-18/h4-6,10-16H,7-9H2,1-3H3,(H,23,24). The Morgan fingerprint density at radius 3 is 2.35 bits per heavy atom. The van der Waals surface area contributed by atoms with Gasteiger partial charge in [0, 0.05) is 0 Å². The van der Waals surface area contributed by atoms with Crippen LogP contribution in [0.1, 0.15) is 61.0 Å². The molecule has 0 heterocycles. The summed E-state index contributed by atoms with van der Waals surface area (Å²) in [6.45, 7) is 6.10. The minimum Gasteiger partial charge on any atom is -0.478 e.